The van der Waals surface area contributed by atoms with Gasteiger partial charge in [-0.05, 0) is 25.6 Å². The fourth-order valence-electron chi connectivity index (χ4n) is 1.81. The molecule has 1 aromatic carbocycles. The van der Waals surface area contributed by atoms with Gasteiger partial charge in [-0.3, -0.25) is 4.79 Å². The standard InChI is InChI=1S/C15H16N2O4S/c1-4-21-13-12(10(2)16-17(13)15(19)20-3)22-14(18)11-8-6-5-7-9-11/h5-9H,4H2,1-3H3. The van der Waals surface area contributed by atoms with Crippen molar-refractivity contribution in [2.75, 3.05) is 13.7 Å². The molecule has 0 aliphatic rings. The molecule has 7 heteroatoms. The van der Waals surface area contributed by atoms with Gasteiger partial charge in [0.15, 0.2) is 0 Å². The maximum absolute atomic E-state index is 12.3. The molecule has 0 aliphatic carbocycles. The molecule has 6 nitrogen and oxygen atoms in total. The number of carbonyl (C=O) groups is 2. The number of thioether (sulfide) groups is 1. The van der Waals surface area contributed by atoms with Gasteiger partial charge in [-0.2, -0.15) is 5.10 Å². The van der Waals surface area contributed by atoms with Crippen molar-refractivity contribution in [2.45, 2.75) is 18.7 Å². The van der Waals surface area contributed by atoms with E-state index < -0.39 is 6.09 Å². The fourth-order valence-corrected chi connectivity index (χ4v) is 2.67. The van der Waals surface area contributed by atoms with Gasteiger partial charge in [-0.25, -0.2) is 4.79 Å². The molecule has 0 unspecified atom stereocenters. The van der Waals surface area contributed by atoms with Crippen molar-refractivity contribution in [2.24, 2.45) is 0 Å². The second-order valence-electron chi connectivity index (χ2n) is 4.29. The number of benzene rings is 1. The summed E-state index contributed by atoms with van der Waals surface area (Å²) in [5.41, 5.74) is 1.10. The molecular formula is C15H16N2O4S. The smallest absolute Gasteiger partial charge is 0.437 e. The molecule has 0 N–H and O–H groups in total. The zero-order chi connectivity index (χ0) is 16.1. The van der Waals surface area contributed by atoms with Crippen LogP contribution in [0.2, 0.25) is 0 Å². The third kappa shape index (κ3) is 3.30. The van der Waals surface area contributed by atoms with Gasteiger partial charge in [0.2, 0.25) is 11.0 Å². The first-order valence-corrected chi connectivity index (χ1v) is 7.48. The minimum Gasteiger partial charge on any atom is -0.477 e. The molecule has 0 spiro atoms. The Hall–Kier alpha value is -2.28. The zero-order valence-corrected chi connectivity index (χ0v) is 13.3. The molecule has 0 fully saturated rings. The molecule has 1 aromatic heterocycles. The molecule has 0 bridgehead atoms. The van der Waals surface area contributed by atoms with Crippen LogP contribution in [0.15, 0.2) is 35.2 Å². The van der Waals surface area contributed by atoms with Gasteiger partial charge in [-0.1, -0.05) is 30.3 Å². The maximum Gasteiger partial charge on any atom is 0.437 e. The first-order valence-electron chi connectivity index (χ1n) is 6.66. The minimum absolute atomic E-state index is 0.144. The van der Waals surface area contributed by atoms with Crippen molar-refractivity contribution in [3.63, 3.8) is 0 Å². The third-order valence-electron chi connectivity index (χ3n) is 2.80. The van der Waals surface area contributed by atoms with Crippen molar-refractivity contribution in [3.05, 3.63) is 41.6 Å². The van der Waals surface area contributed by atoms with E-state index in [1.54, 1.807) is 38.1 Å². The van der Waals surface area contributed by atoms with Gasteiger partial charge in [0.1, 0.15) is 4.90 Å². The van der Waals surface area contributed by atoms with Gasteiger partial charge in [0, 0.05) is 5.56 Å². The van der Waals surface area contributed by atoms with E-state index in [1.807, 2.05) is 6.07 Å². The topological polar surface area (TPSA) is 70.4 Å². The number of methoxy groups -OCH3 is 1. The second kappa shape index (κ2) is 7.13. The van der Waals surface area contributed by atoms with Gasteiger partial charge in [0.25, 0.3) is 0 Å². The van der Waals surface area contributed by atoms with Crippen molar-refractivity contribution in [1.29, 1.82) is 0 Å². The first kappa shape index (κ1) is 16.1. The van der Waals surface area contributed by atoms with Crippen molar-refractivity contribution >= 4 is 23.0 Å². The summed E-state index contributed by atoms with van der Waals surface area (Å²) in [5, 5.41) is 3.95. The quantitative estimate of drug-likeness (QED) is 0.806. The molecule has 2 rings (SSSR count). The Morgan fingerprint density at radius 2 is 1.95 bits per heavy atom. The number of ether oxygens (including phenoxy) is 2. The highest BCUT2D eigenvalue weighted by atomic mass is 32.2. The molecule has 0 aliphatic heterocycles. The lowest BCUT2D eigenvalue weighted by Crippen LogP contribution is -2.15. The Labute approximate surface area is 132 Å². The van der Waals surface area contributed by atoms with Gasteiger partial charge in [0.05, 0.1) is 19.4 Å². The Morgan fingerprint density at radius 3 is 2.55 bits per heavy atom. The van der Waals surface area contributed by atoms with Crippen LogP contribution >= 0.6 is 11.8 Å². The molecule has 0 atom stereocenters. The molecule has 0 amide bonds. The van der Waals surface area contributed by atoms with Crippen LogP contribution in [0.25, 0.3) is 0 Å². The molecular weight excluding hydrogens is 304 g/mol. The van der Waals surface area contributed by atoms with E-state index in [1.165, 1.54) is 7.11 Å². The molecule has 1 heterocycles. The summed E-state index contributed by atoms with van der Waals surface area (Å²) in [7, 11) is 1.26. The summed E-state index contributed by atoms with van der Waals surface area (Å²) in [5.74, 6) is 0.223. The average Bonchev–Trinajstić information content (AvgIpc) is 2.84. The van der Waals surface area contributed by atoms with Crippen LogP contribution in [0.5, 0.6) is 5.88 Å². The number of hydrogen-bond acceptors (Lipinski definition) is 6. The van der Waals surface area contributed by atoms with Gasteiger partial charge in [-0.15, -0.1) is 4.68 Å². The van der Waals surface area contributed by atoms with Crippen LogP contribution < -0.4 is 4.74 Å². The molecule has 0 saturated heterocycles. The normalized spacial score (nSPS) is 10.3. The summed E-state index contributed by atoms with van der Waals surface area (Å²) in [6.07, 6.45) is -0.662. The van der Waals surface area contributed by atoms with E-state index in [4.69, 9.17) is 4.74 Å². The number of aromatic nitrogens is 2. The Morgan fingerprint density at radius 1 is 1.27 bits per heavy atom. The Balaban J connectivity index is 2.36. The lowest BCUT2D eigenvalue weighted by molar-refractivity contribution is 0.108. The van der Waals surface area contributed by atoms with Crippen LogP contribution in [0, 0.1) is 6.92 Å². The molecule has 22 heavy (non-hydrogen) atoms. The summed E-state index contributed by atoms with van der Waals surface area (Å²) >= 11 is 0.984. The maximum atomic E-state index is 12.3. The first-order chi connectivity index (χ1) is 10.6. The summed E-state index contributed by atoms with van der Waals surface area (Å²) in [4.78, 5) is 24.6. The number of nitrogens with zero attached hydrogens (tertiary/aromatic N) is 2. The number of rotatable bonds is 4. The molecule has 2 aromatic rings. The summed E-state index contributed by atoms with van der Waals surface area (Å²) in [6.45, 7) is 3.84. The predicted octanol–water partition coefficient (Wildman–Crippen LogP) is 3.14. The SMILES string of the molecule is CCOc1c(SC(=O)c2ccccc2)c(C)nn1C(=O)OC. The van der Waals surface area contributed by atoms with E-state index >= 15 is 0 Å². The van der Waals surface area contributed by atoms with Crippen molar-refractivity contribution in [3.8, 4) is 5.88 Å². The third-order valence-corrected chi connectivity index (χ3v) is 3.89. The lowest BCUT2D eigenvalue weighted by Gasteiger charge is -2.07. The monoisotopic (exact) mass is 320 g/mol. The summed E-state index contributed by atoms with van der Waals surface area (Å²) < 4.78 is 11.2. The molecule has 0 radical (unpaired) electrons. The highest BCUT2D eigenvalue weighted by Gasteiger charge is 2.24. The number of carbonyl (C=O) groups excluding carboxylic acids is 2. The Kier molecular flexibility index (Phi) is 5.21. The largest absolute Gasteiger partial charge is 0.477 e. The number of aryl methyl sites for hydroxylation is 1. The van der Waals surface area contributed by atoms with Gasteiger partial charge < -0.3 is 9.47 Å². The van der Waals surface area contributed by atoms with E-state index in [2.05, 4.69) is 9.84 Å². The minimum atomic E-state index is -0.662. The van der Waals surface area contributed by atoms with E-state index in [9.17, 15) is 9.59 Å². The zero-order valence-electron chi connectivity index (χ0n) is 12.5. The number of hydrogen-bond donors (Lipinski definition) is 0. The highest BCUT2D eigenvalue weighted by molar-refractivity contribution is 8.14. The van der Waals surface area contributed by atoms with E-state index in [-0.39, 0.29) is 11.0 Å². The second-order valence-corrected chi connectivity index (χ2v) is 5.27. The van der Waals surface area contributed by atoms with E-state index in [0.29, 0.717) is 22.8 Å². The van der Waals surface area contributed by atoms with Crippen molar-refractivity contribution < 1.29 is 19.1 Å². The van der Waals surface area contributed by atoms with Crippen LogP contribution in [-0.4, -0.2) is 34.7 Å². The van der Waals surface area contributed by atoms with Gasteiger partial charge >= 0.3 is 6.09 Å². The lowest BCUT2D eigenvalue weighted by atomic mass is 10.2. The van der Waals surface area contributed by atoms with E-state index in [0.717, 1.165) is 16.4 Å². The van der Waals surface area contributed by atoms with Crippen LogP contribution in [-0.2, 0) is 4.74 Å². The fraction of sp³-hybridized carbons (Fsp3) is 0.267. The predicted molar refractivity (Wildman–Crippen MR) is 82.6 cm³/mol. The highest BCUT2D eigenvalue weighted by Crippen LogP contribution is 2.34. The average molecular weight is 320 g/mol. The van der Waals surface area contributed by atoms with Crippen LogP contribution in [0.3, 0.4) is 0 Å². The molecule has 0 saturated carbocycles. The molecule has 116 valence electrons. The van der Waals surface area contributed by atoms with Crippen molar-refractivity contribution in [1.82, 2.24) is 9.78 Å². The van der Waals surface area contributed by atoms with Crippen LogP contribution in [0.1, 0.15) is 23.0 Å². The summed E-state index contributed by atoms with van der Waals surface area (Å²) in [6, 6.07) is 8.89. The Bertz CT molecular complexity index is 682. The van der Waals surface area contributed by atoms with Crippen LogP contribution in [0.4, 0.5) is 4.79 Å².